The summed E-state index contributed by atoms with van der Waals surface area (Å²) in [7, 11) is 1.95. The monoisotopic (exact) mass is 239 g/mol. The van der Waals surface area contributed by atoms with Crippen molar-refractivity contribution in [2.24, 2.45) is 7.05 Å². The largest absolute Gasteiger partial charge is 0.459 e. The van der Waals surface area contributed by atoms with Gasteiger partial charge in [0.05, 0.1) is 6.54 Å². The molecule has 1 heterocycles. The highest BCUT2D eigenvalue weighted by Crippen LogP contribution is 2.06. The molecule has 0 aliphatic rings. The fourth-order valence-electron chi connectivity index (χ4n) is 1.41. The molecule has 96 valence electrons. The molecule has 0 fully saturated rings. The summed E-state index contributed by atoms with van der Waals surface area (Å²) in [5, 5.41) is 3.05. The topological polar surface area (TPSA) is 56.2 Å². The third-order valence-electron chi connectivity index (χ3n) is 2.14. The average Bonchev–Trinajstić information content (AvgIpc) is 2.56. The van der Waals surface area contributed by atoms with E-state index in [0.717, 1.165) is 12.2 Å². The summed E-state index contributed by atoms with van der Waals surface area (Å²) in [4.78, 5) is 15.6. The van der Waals surface area contributed by atoms with Gasteiger partial charge >= 0.3 is 5.97 Å². The van der Waals surface area contributed by atoms with Gasteiger partial charge in [-0.2, -0.15) is 0 Å². The summed E-state index contributed by atoms with van der Waals surface area (Å²) in [6.07, 6.45) is 4.47. The molecule has 5 nitrogen and oxygen atoms in total. The lowest BCUT2D eigenvalue weighted by atomic mass is 10.2. The van der Waals surface area contributed by atoms with Gasteiger partial charge in [-0.25, -0.2) is 4.98 Å². The first-order valence-corrected chi connectivity index (χ1v) is 5.77. The fraction of sp³-hybridized carbons (Fsp3) is 0.667. The Morgan fingerprint density at radius 1 is 1.53 bits per heavy atom. The molecule has 0 saturated heterocycles. The average molecular weight is 239 g/mol. The van der Waals surface area contributed by atoms with Crippen molar-refractivity contribution in [2.75, 3.05) is 13.1 Å². The van der Waals surface area contributed by atoms with Crippen LogP contribution < -0.4 is 5.32 Å². The minimum Gasteiger partial charge on any atom is -0.459 e. The molecule has 17 heavy (non-hydrogen) atoms. The highest BCUT2D eigenvalue weighted by Gasteiger charge is 2.15. The van der Waals surface area contributed by atoms with Crippen molar-refractivity contribution in [2.45, 2.75) is 32.8 Å². The predicted molar refractivity (Wildman–Crippen MR) is 65.6 cm³/mol. The van der Waals surface area contributed by atoms with Crippen LogP contribution in [0, 0.1) is 0 Å². The number of imidazole rings is 1. The first-order valence-electron chi connectivity index (χ1n) is 5.77. The number of nitrogens with zero attached hydrogens (tertiary/aromatic N) is 2. The summed E-state index contributed by atoms with van der Waals surface area (Å²) >= 11 is 0. The maximum absolute atomic E-state index is 11.4. The van der Waals surface area contributed by atoms with Crippen LogP contribution >= 0.6 is 0 Å². The van der Waals surface area contributed by atoms with Gasteiger partial charge in [0.25, 0.3) is 0 Å². The predicted octanol–water partition coefficient (Wildman–Crippen LogP) is 0.894. The molecule has 0 atom stereocenters. The van der Waals surface area contributed by atoms with E-state index >= 15 is 0 Å². The molecular formula is C12H21N3O2. The van der Waals surface area contributed by atoms with E-state index < -0.39 is 5.60 Å². The van der Waals surface area contributed by atoms with Crippen LogP contribution in [0.2, 0.25) is 0 Å². The number of ether oxygens (including phenoxy) is 1. The number of hydrogen-bond acceptors (Lipinski definition) is 4. The third-order valence-corrected chi connectivity index (χ3v) is 2.14. The summed E-state index contributed by atoms with van der Waals surface area (Å²) in [6.45, 7) is 6.53. The second kappa shape index (κ2) is 5.82. The highest BCUT2D eigenvalue weighted by molar-refractivity contribution is 5.72. The standard InChI is InChI=1S/C12H21N3O2/c1-12(2,3)17-11(16)9-13-6-5-10-14-7-8-15(10)4/h7-8,13H,5-6,9H2,1-4H3. The summed E-state index contributed by atoms with van der Waals surface area (Å²) in [6, 6.07) is 0. The van der Waals surface area contributed by atoms with Gasteiger partial charge in [-0.15, -0.1) is 0 Å². The molecule has 1 N–H and O–H groups in total. The minimum absolute atomic E-state index is 0.225. The lowest BCUT2D eigenvalue weighted by Gasteiger charge is -2.19. The molecule has 0 amide bonds. The maximum Gasteiger partial charge on any atom is 0.320 e. The Kier molecular flexibility index (Phi) is 4.69. The molecule has 0 spiro atoms. The van der Waals surface area contributed by atoms with Crippen LogP contribution in [-0.2, 0) is 23.0 Å². The van der Waals surface area contributed by atoms with Crippen LogP contribution in [0.15, 0.2) is 12.4 Å². The molecule has 0 saturated carbocycles. The van der Waals surface area contributed by atoms with Gasteiger partial charge in [0.1, 0.15) is 11.4 Å². The van der Waals surface area contributed by atoms with Crippen molar-refractivity contribution in [1.82, 2.24) is 14.9 Å². The first kappa shape index (κ1) is 13.7. The van der Waals surface area contributed by atoms with Gasteiger partial charge in [0.2, 0.25) is 0 Å². The molecule has 0 unspecified atom stereocenters. The van der Waals surface area contributed by atoms with Crippen LogP contribution in [0.5, 0.6) is 0 Å². The Balaban J connectivity index is 2.17. The molecule has 0 aliphatic carbocycles. The zero-order valence-corrected chi connectivity index (χ0v) is 11.0. The Labute approximate surface area is 102 Å². The Bertz CT molecular complexity index is 366. The SMILES string of the molecule is Cn1ccnc1CCNCC(=O)OC(C)(C)C. The van der Waals surface area contributed by atoms with Gasteiger partial charge in [-0.1, -0.05) is 0 Å². The molecule has 0 bridgehead atoms. The lowest BCUT2D eigenvalue weighted by Crippen LogP contribution is -2.32. The van der Waals surface area contributed by atoms with Gasteiger partial charge in [-0.3, -0.25) is 4.79 Å². The second-order valence-electron chi connectivity index (χ2n) is 4.97. The summed E-state index contributed by atoms with van der Waals surface area (Å²) < 4.78 is 7.14. The fourth-order valence-corrected chi connectivity index (χ4v) is 1.41. The lowest BCUT2D eigenvalue weighted by molar-refractivity contribution is -0.153. The van der Waals surface area contributed by atoms with Gasteiger partial charge < -0.3 is 14.6 Å². The number of esters is 1. The van der Waals surface area contributed by atoms with E-state index in [-0.39, 0.29) is 12.5 Å². The van der Waals surface area contributed by atoms with E-state index in [1.54, 1.807) is 6.20 Å². The van der Waals surface area contributed by atoms with E-state index in [2.05, 4.69) is 10.3 Å². The van der Waals surface area contributed by atoms with Crippen LogP contribution in [0.4, 0.5) is 0 Å². The van der Waals surface area contributed by atoms with Crippen LogP contribution in [0.25, 0.3) is 0 Å². The Hall–Kier alpha value is -1.36. The van der Waals surface area contributed by atoms with E-state index in [4.69, 9.17) is 4.74 Å². The molecule has 1 rings (SSSR count). The summed E-state index contributed by atoms with van der Waals surface area (Å²) in [5.74, 6) is 0.777. The second-order valence-corrected chi connectivity index (χ2v) is 4.97. The van der Waals surface area contributed by atoms with Crippen LogP contribution in [-0.4, -0.2) is 34.2 Å². The number of aryl methyl sites for hydroxylation is 1. The van der Waals surface area contributed by atoms with Gasteiger partial charge in [0.15, 0.2) is 0 Å². The van der Waals surface area contributed by atoms with E-state index in [9.17, 15) is 4.79 Å². The maximum atomic E-state index is 11.4. The first-order chi connectivity index (χ1) is 7.88. The number of nitrogens with one attached hydrogen (secondary N) is 1. The smallest absolute Gasteiger partial charge is 0.320 e. The molecule has 1 aromatic heterocycles. The van der Waals surface area contributed by atoms with Crippen LogP contribution in [0.3, 0.4) is 0 Å². The van der Waals surface area contributed by atoms with Crippen molar-refractivity contribution in [1.29, 1.82) is 0 Å². The van der Waals surface area contributed by atoms with Crippen molar-refractivity contribution in [3.63, 3.8) is 0 Å². The zero-order chi connectivity index (χ0) is 12.9. The minimum atomic E-state index is -0.418. The summed E-state index contributed by atoms with van der Waals surface area (Å²) in [5.41, 5.74) is -0.418. The number of hydrogen-bond donors (Lipinski definition) is 1. The van der Waals surface area contributed by atoms with E-state index in [1.807, 2.05) is 38.6 Å². The Morgan fingerprint density at radius 2 is 2.24 bits per heavy atom. The van der Waals surface area contributed by atoms with Crippen molar-refractivity contribution in [3.8, 4) is 0 Å². The van der Waals surface area contributed by atoms with Gasteiger partial charge in [0, 0.05) is 32.4 Å². The number of aromatic nitrogens is 2. The molecule has 0 aromatic carbocycles. The van der Waals surface area contributed by atoms with E-state index in [0.29, 0.717) is 6.54 Å². The van der Waals surface area contributed by atoms with Crippen molar-refractivity contribution >= 4 is 5.97 Å². The van der Waals surface area contributed by atoms with Gasteiger partial charge in [-0.05, 0) is 20.8 Å². The molecule has 0 radical (unpaired) electrons. The quantitative estimate of drug-likeness (QED) is 0.612. The number of carbonyl (C=O) groups excluding carboxylic acids is 1. The third kappa shape index (κ3) is 5.49. The molecule has 0 aliphatic heterocycles. The molecular weight excluding hydrogens is 218 g/mol. The van der Waals surface area contributed by atoms with E-state index in [1.165, 1.54) is 0 Å². The highest BCUT2D eigenvalue weighted by atomic mass is 16.6. The zero-order valence-electron chi connectivity index (χ0n) is 11.0. The normalized spacial score (nSPS) is 11.5. The number of carbonyl (C=O) groups is 1. The molecule has 5 heteroatoms. The number of rotatable bonds is 5. The van der Waals surface area contributed by atoms with Crippen LogP contribution in [0.1, 0.15) is 26.6 Å². The van der Waals surface area contributed by atoms with Crippen molar-refractivity contribution < 1.29 is 9.53 Å². The van der Waals surface area contributed by atoms with Crippen molar-refractivity contribution in [3.05, 3.63) is 18.2 Å². The molecule has 1 aromatic rings. The Morgan fingerprint density at radius 3 is 2.76 bits per heavy atom.